The molecule has 4 aromatic rings. The first kappa shape index (κ1) is 37.9. The number of benzene rings is 4. The lowest BCUT2D eigenvalue weighted by molar-refractivity contribution is -0.135. The Labute approximate surface area is 318 Å². The molecule has 4 atom stereocenters. The van der Waals surface area contributed by atoms with Crippen molar-refractivity contribution in [1.29, 1.82) is 0 Å². The molecule has 2 aliphatic rings. The monoisotopic (exact) mass is 838 g/mol. The first-order chi connectivity index (χ1) is 25.3. The average Bonchev–Trinajstić information content (AvgIpc) is 3.74. The first-order valence-electron chi connectivity index (χ1n) is 17.6. The second-order valence-corrected chi connectivity index (χ2v) is 14.5. The van der Waals surface area contributed by atoms with Crippen LogP contribution in [0.25, 0.3) is 21.5 Å². The summed E-state index contributed by atoms with van der Waals surface area (Å²) in [6, 6.07) is 20.9. The number of carbonyl (C=O) groups excluding carboxylic acids is 4. The summed E-state index contributed by atoms with van der Waals surface area (Å²) in [4.78, 5) is 50.7. The molecule has 0 aliphatic carbocycles. The summed E-state index contributed by atoms with van der Waals surface area (Å²) >= 11 is 6.78. The molecule has 0 N–H and O–H groups in total. The van der Waals surface area contributed by atoms with Gasteiger partial charge in [0, 0.05) is 23.5 Å². The molecule has 0 amide bonds. The summed E-state index contributed by atoms with van der Waals surface area (Å²) in [6.45, 7) is 0.209. The van der Waals surface area contributed by atoms with Crippen LogP contribution >= 0.6 is 31.9 Å². The molecule has 6 rings (SSSR count). The van der Waals surface area contributed by atoms with Gasteiger partial charge in [0.1, 0.15) is 23.7 Å². The summed E-state index contributed by atoms with van der Waals surface area (Å²) in [5.74, 6) is -0.686. The van der Waals surface area contributed by atoms with Crippen LogP contribution in [0.15, 0.2) is 72.8 Å². The van der Waals surface area contributed by atoms with Gasteiger partial charge in [-0.15, -0.1) is 0 Å². The molecule has 2 heterocycles. The number of hydrogen-bond acceptors (Lipinski definition) is 10. The van der Waals surface area contributed by atoms with Crippen LogP contribution in [-0.4, -0.2) is 72.2 Å². The van der Waals surface area contributed by atoms with Crippen molar-refractivity contribution in [3.8, 4) is 11.5 Å². The molecule has 274 valence electrons. The maximum Gasteiger partial charge on any atom is 0.338 e. The van der Waals surface area contributed by atoms with Gasteiger partial charge in [-0.25, -0.2) is 9.59 Å². The highest BCUT2D eigenvalue weighted by atomic mass is 79.9. The summed E-state index contributed by atoms with van der Waals surface area (Å²) in [5, 5.41) is 5.06. The van der Waals surface area contributed by atoms with Gasteiger partial charge in [0.2, 0.25) is 0 Å². The molecule has 12 heteroatoms. The molecule has 0 spiro atoms. The molecule has 0 unspecified atom stereocenters. The van der Waals surface area contributed by atoms with E-state index >= 15 is 0 Å². The van der Waals surface area contributed by atoms with E-state index in [1.807, 2.05) is 0 Å². The second-order valence-electron chi connectivity index (χ2n) is 12.9. The molecule has 2 aliphatic heterocycles. The third kappa shape index (κ3) is 9.77. The van der Waals surface area contributed by atoms with Gasteiger partial charge in [-0.1, -0.05) is 69.0 Å². The topological polar surface area (TPSA) is 124 Å². The van der Waals surface area contributed by atoms with Gasteiger partial charge in [-0.3, -0.25) is 9.59 Å². The molecular weight excluding hydrogens is 800 g/mol. The minimum absolute atomic E-state index is 0.104. The van der Waals surface area contributed by atoms with Gasteiger partial charge in [-0.2, -0.15) is 0 Å². The number of rotatable bonds is 16. The highest BCUT2D eigenvalue weighted by molar-refractivity contribution is 9.09. The van der Waals surface area contributed by atoms with Gasteiger partial charge in [-0.05, 0) is 95.8 Å². The Balaban J connectivity index is 0.995. The Bertz CT molecular complexity index is 1780. The predicted octanol–water partition coefficient (Wildman–Crippen LogP) is 8.26. The number of alkyl halides is 2. The highest BCUT2D eigenvalue weighted by Crippen LogP contribution is 2.32. The summed E-state index contributed by atoms with van der Waals surface area (Å²) in [6.07, 6.45) is 3.72. The molecule has 0 radical (unpaired) electrons. The van der Waals surface area contributed by atoms with Gasteiger partial charge < -0.3 is 28.4 Å². The van der Waals surface area contributed by atoms with Crippen molar-refractivity contribution in [2.75, 3.05) is 23.9 Å². The van der Waals surface area contributed by atoms with E-state index in [0.29, 0.717) is 35.5 Å². The quantitative estimate of drug-likeness (QED) is 0.0472. The van der Waals surface area contributed by atoms with Crippen LogP contribution in [0, 0.1) is 0 Å². The maximum atomic E-state index is 13.2. The van der Waals surface area contributed by atoms with Crippen LogP contribution < -0.4 is 9.47 Å². The van der Waals surface area contributed by atoms with Crippen molar-refractivity contribution < 1.29 is 47.6 Å². The smallest absolute Gasteiger partial charge is 0.338 e. The third-order valence-electron chi connectivity index (χ3n) is 9.07. The summed E-state index contributed by atoms with van der Waals surface area (Å²) in [7, 11) is 0. The Morgan fingerprint density at radius 3 is 1.37 bits per heavy atom. The molecule has 0 aromatic heterocycles. The predicted molar refractivity (Wildman–Crippen MR) is 202 cm³/mol. The van der Waals surface area contributed by atoms with Crippen molar-refractivity contribution in [3.05, 3.63) is 83.9 Å². The third-order valence-corrected chi connectivity index (χ3v) is 10.2. The zero-order chi connectivity index (χ0) is 36.5. The SMILES string of the molecule is O=C(CCCCCBr)Oc1ccc2cc(C(=O)O[C@H]3CO[C@H]4[C@@H]3OC[C@H]4OC(=O)c3ccc4cc(OC(=O)CCCCCBr)ccc4c3)ccc2c1. The molecule has 10 nitrogen and oxygen atoms in total. The minimum Gasteiger partial charge on any atom is -0.453 e. The molecule has 52 heavy (non-hydrogen) atoms. The lowest BCUT2D eigenvalue weighted by atomic mass is 10.1. The van der Waals surface area contributed by atoms with E-state index in [0.717, 1.165) is 70.7 Å². The van der Waals surface area contributed by atoms with Gasteiger partial charge in [0.15, 0.2) is 12.2 Å². The molecule has 0 saturated carbocycles. The molecule has 2 fully saturated rings. The summed E-state index contributed by atoms with van der Waals surface area (Å²) in [5.41, 5.74) is 0.715. The molecule has 0 bridgehead atoms. The van der Waals surface area contributed by atoms with Crippen molar-refractivity contribution in [2.45, 2.75) is 75.8 Å². The maximum absolute atomic E-state index is 13.2. The number of carbonyl (C=O) groups is 4. The Morgan fingerprint density at radius 1 is 0.538 bits per heavy atom. The van der Waals surface area contributed by atoms with E-state index in [1.54, 1.807) is 72.8 Å². The fourth-order valence-corrected chi connectivity index (χ4v) is 7.11. The van der Waals surface area contributed by atoms with Crippen LogP contribution in [0.4, 0.5) is 0 Å². The van der Waals surface area contributed by atoms with Crippen LogP contribution in [0.1, 0.15) is 72.1 Å². The number of halogens is 2. The van der Waals surface area contributed by atoms with Gasteiger partial charge >= 0.3 is 23.9 Å². The molecule has 2 saturated heterocycles. The van der Waals surface area contributed by atoms with Crippen LogP contribution in [0.5, 0.6) is 11.5 Å². The number of hydrogen-bond donors (Lipinski definition) is 0. The lowest BCUT2D eigenvalue weighted by Gasteiger charge is -2.17. The van der Waals surface area contributed by atoms with Crippen molar-refractivity contribution in [3.63, 3.8) is 0 Å². The van der Waals surface area contributed by atoms with Crippen LogP contribution in [0.2, 0.25) is 0 Å². The van der Waals surface area contributed by atoms with Crippen LogP contribution in [-0.2, 0) is 28.5 Å². The van der Waals surface area contributed by atoms with E-state index < -0.39 is 36.4 Å². The number of unbranched alkanes of at least 4 members (excludes halogenated alkanes) is 4. The largest absolute Gasteiger partial charge is 0.453 e. The Kier molecular flexibility index (Phi) is 13.3. The fourth-order valence-electron chi connectivity index (χ4n) is 6.32. The molecular formula is C40H40Br2O10. The number of ether oxygens (including phenoxy) is 6. The second kappa shape index (κ2) is 18.3. The van der Waals surface area contributed by atoms with Crippen LogP contribution in [0.3, 0.4) is 0 Å². The van der Waals surface area contributed by atoms with Crippen molar-refractivity contribution in [1.82, 2.24) is 0 Å². The lowest BCUT2D eigenvalue weighted by Crippen LogP contribution is -2.36. The Hall–Kier alpha value is -3.84. The van der Waals surface area contributed by atoms with Crippen molar-refractivity contribution >= 4 is 77.3 Å². The van der Waals surface area contributed by atoms with Gasteiger partial charge in [0.25, 0.3) is 0 Å². The molecule has 4 aromatic carbocycles. The number of esters is 4. The first-order valence-corrected chi connectivity index (χ1v) is 19.8. The zero-order valence-corrected chi connectivity index (χ0v) is 31.7. The fraction of sp³-hybridized carbons (Fsp3) is 0.400. The summed E-state index contributed by atoms with van der Waals surface area (Å²) < 4.78 is 34.4. The Morgan fingerprint density at radius 2 is 0.942 bits per heavy atom. The van der Waals surface area contributed by atoms with E-state index in [9.17, 15) is 19.2 Å². The van der Waals surface area contributed by atoms with E-state index in [2.05, 4.69) is 31.9 Å². The highest BCUT2D eigenvalue weighted by Gasteiger charge is 2.51. The normalized spacial score (nSPS) is 19.3. The van der Waals surface area contributed by atoms with Gasteiger partial charge in [0.05, 0.1) is 24.3 Å². The zero-order valence-electron chi connectivity index (χ0n) is 28.6. The van der Waals surface area contributed by atoms with Crippen molar-refractivity contribution in [2.24, 2.45) is 0 Å². The minimum atomic E-state index is -0.675. The average molecular weight is 841 g/mol. The van der Waals surface area contributed by atoms with E-state index in [4.69, 9.17) is 28.4 Å². The standard InChI is InChI=1S/C40H40Br2O10/c41-17-5-1-3-7-35(43)49-31-15-13-25-19-29(11-9-27(25)21-31)39(45)51-33-23-47-38-34(24-48-37(33)38)52-40(46)30-12-10-28-22-32(16-14-26(28)20-30)50-36(44)8-4-2-6-18-42/h9-16,19-22,33-34,37-38H,1-8,17-18,23-24H2/t33-,34+,37-,38-/m1/s1. The number of fused-ring (bicyclic) bond motifs is 3. The van der Waals surface area contributed by atoms with E-state index in [-0.39, 0.29) is 25.2 Å². The van der Waals surface area contributed by atoms with E-state index in [1.165, 1.54) is 0 Å².